The molecule has 3 N–H and O–H groups in total. The molecular weight excluding hydrogens is 267 g/mol. The normalized spacial score (nSPS) is 11.9. The zero-order valence-corrected chi connectivity index (χ0v) is 12.0. The van der Waals surface area contributed by atoms with Crippen molar-refractivity contribution in [3.63, 3.8) is 0 Å². The van der Waals surface area contributed by atoms with Crippen molar-refractivity contribution in [1.82, 2.24) is 0 Å². The predicted octanol–water partition coefficient (Wildman–Crippen LogP) is 3.42. The van der Waals surface area contributed by atoms with Crippen LogP contribution < -0.4 is 11.1 Å². The fraction of sp³-hybridized carbons (Fsp3) is 0.235. The van der Waals surface area contributed by atoms with Gasteiger partial charge in [-0.15, -0.1) is 0 Å². The van der Waals surface area contributed by atoms with E-state index in [1.54, 1.807) is 12.1 Å². The second-order valence-electron chi connectivity index (χ2n) is 5.00. The lowest BCUT2D eigenvalue weighted by Crippen LogP contribution is -2.13. The summed E-state index contributed by atoms with van der Waals surface area (Å²) in [7, 11) is 0. The fourth-order valence-corrected chi connectivity index (χ4v) is 2.24. The highest BCUT2D eigenvalue weighted by atomic mass is 19.1. The number of nitrogens with two attached hydrogens (primary N) is 1. The van der Waals surface area contributed by atoms with E-state index in [1.165, 1.54) is 12.1 Å². The van der Waals surface area contributed by atoms with Crippen LogP contribution in [0.25, 0.3) is 0 Å². The number of carbonyl (C=O) groups excluding carboxylic acids is 1. The van der Waals surface area contributed by atoms with Crippen LogP contribution in [0.15, 0.2) is 48.5 Å². The van der Waals surface area contributed by atoms with E-state index in [2.05, 4.69) is 12.2 Å². The summed E-state index contributed by atoms with van der Waals surface area (Å²) in [6, 6.07) is 14.2. The van der Waals surface area contributed by atoms with E-state index in [9.17, 15) is 9.18 Å². The van der Waals surface area contributed by atoms with Crippen LogP contribution in [0, 0.1) is 5.82 Å². The lowest BCUT2D eigenvalue weighted by molar-refractivity contribution is -0.117. The Hall–Kier alpha value is -2.36. The van der Waals surface area contributed by atoms with Gasteiger partial charge in [0, 0.05) is 5.69 Å². The number of halogens is 1. The molecule has 2 rings (SSSR count). The maximum Gasteiger partial charge on any atom is 0.221 e. The fourth-order valence-electron chi connectivity index (χ4n) is 2.24. The number of nitrogens with one attached hydrogen (secondary N) is 1. The highest BCUT2D eigenvalue weighted by Crippen LogP contribution is 2.23. The van der Waals surface area contributed by atoms with Crippen LogP contribution in [0.5, 0.6) is 0 Å². The number of benzene rings is 2. The third kappa shape index (κ3) is 4.31. The zero-order chi connectivity index (χ0) is 15.2. The van der Waals surface area contributed by atoms with Gasteiger partial charge in [-0.05, 0) is 41.8 Å². The molecule has 21 heavy (non-hydrogen) atoms. The van der Waals surface area contributed by atoms with Gasteiger partial charge in [0.25, 0.3) is 0 Å². The first-order valence-corrected chi connectivity index (χ1v) is 6.97. The van der Waals surface area contributed by atoms with Crippen LogP contribution in [0.4, 0.5) is 10.1 Å². The summed E-state index contributed by atoms with van der Waals surface area (Å²) in [6.45, 7) is 2.07. The van der Waals surface area contributed by atoms with Gasteiger partial charge in [-0.25, -0.2) is 4.39 Å². The zero-order valence-electron chi connectivity index (χ0n) is 12.0. The number of hydrogen-bond donors (Lipinski definition) is 2. The molecule has 0 aliphatic rings. The van der Waals surface area contributed by atoms with Gasteiger partial charge in [-0.3, -0.25) is 4.79 Å². The molecule has 0 radical (unpaired) electrons. The molecule has 0 aromatic heterocycles. The number of carbonyl (C=O) groups is 1. The Morgan fingerprint density at radius 3 is 2.29 bits per heavy atom. The van der Waals surface area contributed by atoms with E-state index < -0.39 is 0 Å². The standard InChI is InChI=1S/C17H19FN2O/c1-2-16(13-5-7-14(18)8-6-13)20-15-9-3-12(4-10-15)11-17(19)21/h3-10,16,20H,2,11H2,1H3,(H2,19,21). The number of anilines is 1. The van der Waals surface area contributed by atoms with Crippen molar-refractivity contribution in [2.75, 3.05) is 5.32 Å². The minimum absolute atomic E-state index is 0.118. The first kappa shape index (κ1) is 15.0. The van der Waals surface area contributed by atoms with Crippen LogP contribution in [-0.2, 0) is 11.2 Å². The summed E-state index contributed by atoms with van der Waals surface area (Å²) in [5, 5.41) is 3.41. The third-order valence-electron chi connectivity index (χ3n) is 3.35. The summed E-state index contributed by atoms with van der Waals surface area (Å²) < 4.78 is 13.0. The Balaban J connectivity index is 2.07. The third-order valence-corrected chi connectivity index (χ3v) is 3.35. The molecule has 0 bridgehead atoms. The van der Waals surface area contributed by atoms with Crippen molar-refractivity contribution >= 4 is 11.6 Å². The highest BCUT2D eigenvalue weighted by molar-refractivity contribution is 5.76. The van der Waals surface area contributed by atoms with Crippen LogP contribution in [0.3, 0.4) is 0 Å². The van der Waals surface area contributed by atoms with Gasteiger partial charge < -0.3 is 11.1 Å². The number of amides is 1. The second-order valence-corrected chi connectivity index (χ2v) is 5.00. The monoisotopic (exact) mass is 286 g/mol. The number of primary amides is 1. The number of hydrogen-bond acceptors (Lipinski definition) is 2. The summed E-state index contributed by atoms with van der Waals surface area (Å²) in [5.41, 5.74) is 8.06. The Labute approximate surface area is 124 Å². The van der Waals surface area contributed by atoms with Crippen LogP contribution in [0.1, 0.15) is 30.5 Å². The molecular formula is C17H19FN2O. The van der Waals surface area contributed by atoms with E-state index in [4.69, 9.17) is 5.73 Å². The number of rotatable bonds is 6. The molecule has 0 aliphatic heterocycles. The van der Waals surface area contributed by atoms with E-state index in [-0.39, 0.29) is 24.2 Å². The van der Waals surface area contributed by atoms with Crippen molar-refractivity contribution in [3.05, 3.63) is 65.5 Å². The van der Waals surface area contributed by atoms with Gasteiger partial charge in [-0.2, -0.15) is 0 Å². The molecule has 2 aromatic carbocycles. The van der Waals surface area contributed by atoms with Gasteiger partial charge in [-0.1, -0.05) is 31.2 Å². The lowest BCUT2D eigenvalue weighted by atomic mass is 10.0. The molecule has 2 aromatic rings. The van der Waals surface area contributed by atoms with E-state index in [0.29, 0.717) is 0 Å². The Morgan fingerprint density at radius 1 is 1.14 bits per heavy atom. The van der Waals surface area contributed by atoms with Gasteiger partial charge in [0.15, 0.2) is 0 Å². The molecule has 0 fully saturated rings. The van der Waals surface area contributed by atoms with Crippen LogP contribution in [0.2, 0.25) is 0 Å². The van der Waals surface area contributed by atoms with Gasteiger partial charge in [0.2, 0.25) is 5.91 Å². The maximum atomic E-state index is 13.0. The predicted molar refractivity (Wildman–Crippen MR) is 82.4 cm³/mol. The smallest absolute Gasteiger partial charge is 0.221 e. The van der Waals surface area contributed by atoms with Crippen molar-refractivity contribution < 1.29 is 9.18 Å². The molecule has 3 nitrogen and oxygen atoms in total. The topological polar surface area (TPSA) is 55.1 Å². The Bertz CT molecular complexity index is 593. The van der Waals surface area contributed by atoms with E-state index in [0.717, 1.165) is 23.2 Å². The molecule has 1 unspecified atom stereocenters. The first-order valence-electron chi connectivity index (χ1n) is 6.97. The average Bonchev–Trinajstić information content (AvgIpc) is 2.47. The average molecular weight is 286 g/mol. The summed E-state index contributed by atoms with van der Waals surface area (Å²) in [4.78, 5) is 10.9. The second kappa shape index (κ2) is 6.88. The first-order chi connectivity index (χ1) is 10.1. The quantitative estimate of drug-likeness (QED) is 0.855. The van der Waals surface area contributed by atoms with E-state index in [1.807, 2.05) is 24.3 Å². The van der Waals surface area contributed by atoms with Crippen LogP contribution in [-0.4, -0.2) is 5.91 Å². The van der Waals surface area contributed by atoms with Gasteiger partial charge >= 0.3 is 0 Å². The van der Waals surface area contributed by atoms with Crippen molar-refractivity contribution in [1.29, 1.82) is 0 Å². The summed E-state index contributed by atoms with van der Waals surface area (Å²) in [6.07, 6.45) is 1.13. The van der Waals surface area contributed by atoms with Gasteiger partial charge in [0.1, 0.15) is 5.82 Å². The largest absolute Gasteiger partial charge is 0.378 e. The molecule has 0 heterocycles. The molecule has 1 atom stereocenters. The van der Waals surface area contributed by atoms with E-state index >= 15 is 0 Å². The molecule has 110 valence electrons. The van der Waals surface area contributed by atoms with Crippen molar-refractivity contribution in [3.8, 4) is 0 Å². The molecule has 0 spiro atoms. The highest BCUT2D eigenvalue weighted by Gasteiger charge is 2.09. The molecule has 0 saturated heterocycles. The maximum absolute atomic E-state index is 13.0. The Morgan fingerprint density at radius 2 is 1.76 bits per heavy atom. The molecule has 1 amide bonds. The molecule has 0 saturated carbocycles. The minimum Gasteiger partial charge on any atom is -0.378 e. The SMILES string of the molecule is CCC(Nc1ccc(CC(N)=O)cc1)c1ccc(F)cc1. The minimum atomic E-state index is -0.339. The van der Waals surface area contributed by atoms with Crippen molar-refractivity contribution in [2.24, 2.45) is 5.73 Å². The lowest BCUT2D eigenvalue weighted by Gasteiger charge is -2.19. The van der Waals surface area contributed by atoms with Crippen molar-refractivity contribution in [2.45, 2.75) is 25.8 Å². The summed E-state index contributed by atoms with van der Waals surface area (Å²) >= 11 is 0. The van der Waals surface area contributed by atoms with Gasteiger partial charge in [0.05, 0.1) is 12.5 Å². The van der Waals surface area contributed by atoms with Crippen LogP contribution >= 0.6 is 0 Å². The molecule has 0 aliphatic carbocycles. The molecule has 4 heteroatoms. The summed E-state index contributed by atoms with van der Waals surface area (Å²) in [5.74, 6) is -0.571. The Kier molecular flexibility index (Phi) is 4.93.